The van der Waals surface area contributed by atoms with Crippen molar-refractivity contribution >= 4 is 23.2 Å². The highest BCUT2D eigenvalue weighted by molar-refractivity contribution is 6.00. The highest BCUT2D eigenvalue weighted by Gasteiger charge is 2.21. The van der Waals surface area contributed by atoms with Gasteiger partial charge in [0.1, 0.15) is 5.82 Å². The first kappa shape index (κ1) is 18.1. The van der Waals surface area contributed by atoms with Crippen LogP contribution in [0.1, 0.15) is 15.9 Å². The second kappa shape index (κ2) is 7.52. The second-order valence-corrected chi connectivity index (χ2v) is 5.42. The molecule has 25 heavy (non-hydrogen) atoms. The predicted octanol–water partition coefficient (Wildman–Crippen LogP) is 2.75. The Morgan fingerprint density at radius 3 is 2.44 bits per heavy atom. The average molecular weight is 345 g/mol. The van der Waals surface area contributed by atoms with E-state index in [1.54, 1.807) is 0 Å². The molecule has 1 N–H and O–H groups in total. The lowest BCUT2D eigenvalue weighted by atomic mass is 10.1. The number of nitro benzene ring substituents is 1. The molecule has 0 atom stereocenters. The Hall–Kier alpha value is -3.29. The number of halogens is 1. The van der Waals surface area contributed by atoms with Crippen molar-refractivity contribution in [1.29, 1.82) is 0 Å². The van der Waals surface area contributed by atoms with Gasteiger partial charge in [0.05, 0.1) is 11.5 Å². The summed E-state index contributed by atoms with van der Waals surface area (Å²) in [5.74, 6) is -1.40. The fourth-order valence-electron chi connectivity index (χ4n) is 2.28. The molecular formula is C17H16FN3O4. The van der Waals surface area contributed by atoms with Crippen LogP contribution < -0.4 is 5.32 Å². The SMILES string of the molecule is Cc1c(C(=O)N(C)CC(=O)Nc2ccc(F)cc2)cccc1[N+](=O)[O-]. The molecule has 2 aromatic carbocycles. The van der Waals surface area contributed by atoms with Crippen molar-refractivity contribution in [2.24, 2.45) is 0 Å². The topological polar surface area (TPSA) is 92.6 Å². The molecule has 2 rings (SSSR count). The first-order valence-electron chi connectivity index (χ1n) is 7.34. The van der Waals surface area contributed by atoms with Gasteiger partial charge >= 0.3 is 0 Å². The fraction of sp³-hybridized carbons (Fsp3) is 0.176. The van der Waals surface area contributed by atoms with Gasteiger partial charge < -0.3 is 10.2 Å². The zero-order valence-corrected chi connectivity index (χ0v) is 13.7. The Balaban J connectivity index is 2.07. The maximum Gasteiger partial charge on any atom is 0.273 e. The Labute approximate surface area is 143 Å². The Kier molecular flexibility index (Phi) is 5.43. The van der Waals surface area contributed by atoms with E-state index in [-0.39, 0.29) is 23.4 Å². The van der Waals surface area contributed by atoms with Crippen LogP contribution in [0, 0.1) is 22.9 Å². The molecule has 7 nitrogen and oxygen atoms in total. The third kappa shape index (κ3) is 4.37. The van der Waals surface area contributed by atoms with Gasteiger partial charge in [-0.05, 0) is 37.3 Å². The van der Waals surface area contributed by atoms with Crippen LogP contribution in [0.4, 0.5) is 15.8 Å². The molecule has 0 saturated carbocycles. The van der Waals surface area contributed by atoms with E-state index in [1.807, 2.05) is 0 Å². The number of hydrogen-bond acceptors (Lipinski definition) is 4. The summed E-state index contributed by atoms with van der Waals surface area (Å²) in [7, 11) is 1.42. The summed E-state index contributed by atoms with van der Waals surface area (Å²) in [5.41, 5.74) is 0.642. The summed E-state index contributed by atoms with van der Waals surface area (Å²) in [5, 5.41) is 13.5. The first-order valence-corrected chi connectivity index (χ1v) is 7.34. The van der Waals surface area contributed by atoms with Gasteiger partial charge in [-0.3, -0.25) is 19.7 Å². The van der Waals surface area contributed by atoms with Crippen molar-refractivity contribution in [1.82, 2.24) is 4.90 Å². The minimum atomic E-state index is -0.562. The molecule has 0 aliphatic rings. The lowest BCUT2D eigenvalue weighted by molar-refractivity contribution is -0.385. The largest absolute Gasteiger partial charge is 0.332 e. The highest BCUT2D eigenvalue weighted by Crippen LogP contribution is 2.22. The van der Waals surface area contributed by atoms with E-state index < -0.39 is 22.6 Å². The molecule has 0 heterocycles. The van der Waals surface area contributed by atoms with Gasteiger partial charge in [0, 0.05) is 29.9 Å². The van der Waals surface area contributed by atoms with Crippen LogP contribution in [0.5, 0.6) is 0 Å². The minimum absolute atomic E-state index is 0.157. The lowest BCUT2D eigenvalue weighted by Gasteiger charge is -2.18. The summed E-state index contributed by atoms with van der Waals surface area (Å²) >= 11 is 0. The Morgan fingerprint density at radius 1 is 1.20 bits per heavy atom. The number of nitrogens with zero attached hydrogens (tertiary/aromatic N) is 2. The molecule has 0 unspecified atom stereocenters. The van der Waals surface area contributed by atoms with Crippen molar-refractivity contribution in [3.63, 3.8) is 0 Å². The van der Waals surface area contributed by atoms with E-state index in [1.165, 1.54) is 56.4 Å². The molecule has 0 bridgehead atoms. The summed E-state index contributed by atoms with van der Waals surface area (Å²) in [4.78, 5) is 36.0. The van der Waals surface area contributed by atoms with Gasteiger partial charge in [-0.2, -0.15) is 0 Å². The molecule has 0 aromatic heterocycles. The van der Waals surface area contributed by atoms with Crippen molar-refractivity contribution in [2.45, 2.75) is 6.92 Å². The third-order valence-electron chi connectivity index (χ3n) is 3.59. The van der Waals surface area contributed by atoms with Crippen LogP contribution in [-0.4, -0.2) is 35.2 Å². The van der Waals surface area contributed by atoms with E-state index >= 15 is 0 Å². The molecule has 0 aliphatic heterocycles. The summed E-state index contributed by atoms with van der Waals surface area (Å²) in [6.07, 6.45) is 0. The number of rotatable bonds is 5. The first-order chi connectivity index (χ1) is 11.8. The molecule has 0 fully saturated rings. The number of amides is 2. The van der Waals surface area contributed by atoms with Crippen LogP contribution in [0.15, 0.2) is 42.5 Å². The van der Waals surface area contributed by atoms with E-state index in [0.29, 0.717) is 5.69 Å². The molecular weight excluding hydrogens is 329 g/mol. The quantitative estimate of drug-likeness (QED) is 0.666. The van der Waals surface area contributed by atoms with Crippen molar-refractivity contribution in [3.05, 3.63) is 69.5 Å². The fourth-order valence-corrected chi connectivity index (χ4v) is 2.28. The average Bonchev–Trinajstić information content (AvgIpc) is 2.56. The molecule has 0 radical (unpaired) electrons. The van der Waals surface area contributed by atoms with Gasteiger partial charge in [-0.25, -0.2) is 4.39 Å². The minimum Gasteiger partial charge on any atom is -0.332 e. The number of anilines is 1. The van der Waals surface area contributed by atoms with Crippen molar-refractivity contribution < 1.29 is 18.9 Å². The van der Waals surface area contributed by atoms with Crippen LogP contribution in [-0.2, 0) is 4.79 Å². The zero-order chi connectivity index (χ0) is 18.6. The number of benzene rings is 2. The van der Waals surface area contributed by atoms with E-state index in [4.69, 9.17) is 0 Å². The highest BCUT2D eigenvalue weighted by atomic mass is 19.1. The Bertz CT molecular complexity index is 821. The molecule has 8 heteroatoms. The van der Waals surface area contributed by atoms with Crippen LogP contribution in [0.3, 0.4) is 0 Å². The van der Waals surface area contributed by atoms with Crippen molar-refractivity contribution in [2.75, 3.05) is 18.9 Å². The predicted molar refractivity (Wildman–Crippen MR) is 89.8 cm³/mol. The molecule has 0 aliphatic carbocycles. The second-order valence-electron chi connectivity index (χ2n) is 5.42. The van der Waals surface area contributed by atoms with Crippen LogP contribution in [0.2, 0.25) is 0 Å². The van der Waals surface area contributed by atoms with E-state index in [0.717, 1.165) is 4.90 Å². The number of nitro groups is 1. The van der Waals surface area contributed by atoms with Gasteiger partial charge in [0.15, 0.2) is 0 Å². The van der Waals surface area contributed by atoms with Gasteiger partial charge in [-0.15, -0.1) is 0 Å². The number of nitrogens with one attached hydrogen (secondary N) is 1. The van der Waals surface area contributed by atoms with Crippen LogP contribution in [0.25, 0.3) is 0 Å². The Morgan fingerprint density at radius 2 is 1.84 bits per heavy atom. The van der Waals surface area contributed by atoms with Gasteiger partial charge in [0.25, 0.3) is 11.6 Å². The molecule has 0 spiro atoms. The molecule has 130 valence electrons. The van der Waals surface area contributed by atoms with E-state index in [9.17, 15) is 24.1 Å². The smallest absolute Gasteiger partial charge is 0.273 e. The molecule has 2 amide bonds. The van der Waals surface area contributed by atoms with Crippen LogP contribution >= 0.6 is 0 Å². The third-order valence-corrected chi connectivity index (χ3v) is 3.59. The zero-order valence-electron chi connectivity index (χ0n) is 13.7. The monoisotopic (exact) mass is 345 g/mol. The number of likely N-dealkylation sites (N-methyl/N-ethyl adjacent to an activating group) is 1. The molecule has 2 aromatic rings. The summed E-state index contributed by atoms with van der Waals surface area (Å²) < 4.78 is 12.8. The number of hydrogen-bond donors (Lipinski definition) is 1. The standard InChI is InChI=1S/C17H16FN3O4/c1-11-14(4-3-5-15(11)21(24)25)17(23)20(2)10-16(22)19-13-8-6-12(18)7-9-13/h3-9H,10H2,1-2H3,(H,19,22). The molecule has 0 saturated heterocycles. The van der Waals surface area contributed by atoms with Gasteiger partial charge in [-0.1, -0.05) is 6.07 Å². The maximum absolute atomic E-state index is 12.8. The maximum atomic E-state index is 12.8. The van der Waals surface area contributed by atoms with E-state index in [2.05, 4.69) is 5.32 Å². The van der Waals surface area contributed by atoms with Crippen molar-refractivity contribution in [3.8, 4) is 0 Å². The summed E-state index contributed by atoms with van der Waals surface area (Å²) in [6, 6.07) is 9.42. The van der Waals surface area contributed by atoms with Gasteiger partial charge in [0.2, 0.25) is 5.91 Å². The number of carbonyl (C=O) groups excluding carboxylic acids is 2. The lowest BCUT2D eigenvalue weighted by Crippen LogP contribution is -2.35. The number of carbonyl (C=O) groups is 2. The summed E-state index contributed by atoms with van der Waals surface area (Å²) in [6.45, 7) is 1.23. The normalized spacial score (nSPS) is 10.2.